The van der Waals surface area contributed by atoms with Crippen molar-refractivity contribution >= 4 is 34.8 Å². The molecule has 3 aromatic carbocycles. The predicted octanol–water partition coefficient (Wildman–Crippen LogP) is 4.76. The largest absolute Gasteiger partial charge is 0.324 e. The van der Waals surface area contributed by atoms with Crippen LogP contribution < -0.4 is 16.2 Å². The Kier molecular flexibility index (Phi) is 6.85. The van der Waals surface area contributed by atoms with Crippen LogP contribution in [0.4, 0.5) is 11.4 Å². The molecule has 4 aromatic rings. The molecule has 8 heteroatoms. The lowest BCUT2D eigenvalue weighted by atomic mass is 10.1. The molecule has 2 amide bonds. The van der Waals surface area contributed by atoms with Crippen LogP contribution in [-0.2, 0) is 11.3 Å². The number of aryl methyl sites for hydroxylation is 1. The summed E-state index contributed by atoms with van der Waals surface area (Å²) in [5.74, 6) is -0.880. The third-order valence-electron chi connectivity index (χ3n) is 5.03. The van der Waals surface area contributed by atoms with Crippen LogP contribution in [-0.4, -0.2) is 21.6 Å². The first-order valence-electron chi connectivity index (χ1n) is 10.5. The van der Waals surface area contributed by atoms with Crippen LogP contribution in [0.5, 0.6) is 0 Å². The van der Waals surface area contributed by atoms with Crippen molar-refractivity contribution in [3.05, 3.63) is 111 Å². The molecular weight excluding hydrogens is 452 g/mol. The van der Waals surface area contributed by atoms with E-state index in [2.05, 4.69) is 15.7 Å². The molecule has 7 nitrogen and oxygen atoms in total. The molecule has 0 bridgehead atoms. The molecule has 0 atom stereocenters. The minimum absolute atomic E-state index is 0.0266. The fraction of sp³-hybridized carbons (Fsp3) is 0.0769. The molecule has 0 fully saturated rings. The van der Waals surface area contributed by atoms with Gasteiger partial charge in [-0.25, -0.2) is 4.68 Å². The van der Waals surface area contributed by atoms with Crippen LogP contribution in [0.15, 0.2) is 89.7 Å². The van der Waals surface area contributed by atoms with E-state index in [1.54, 1.807) is 54.6 Å². The van der Waals surface area contributed by atoms with E-state index in [-0.39, 0.29) is 12.2 Å². The van der Waals surface area contributed by atoms with Gasteiger partial charge in [-0.2, -0.15) is 5.10 Å². The SMILES string of the molecule is Cc1ccc(-c2cc(NC(=O)c3ccccc3)c(=O)n(CC(=O)Nc3ccc(Cl)cc3)n2)cc1. The Labute approximate surface area is 201 Å². The summed E-state index contributed by atoms with van der Waals surface area (Å²) in [6.45, 7) is 1.63. The van der Waals surface area contributed by atoms with E-state index < -0.39 is 17.4 Å². The highest BCUT2D eigenvalue weighted by molar-refractivity contribution is 6.30. The highest BCUT2D eigenvalue weighted by Gasteiger charge is 2.16. The molecule has 0 aliphatic heterocycles. The van der Waals surface area contributed by atoms with Gasteiger partial charge in [0.15, 0.2) is 0 Å². The molecule has 0 spiro atoms. The quantitative estimate of drug-likeness (QED) is 0.423. The highest BCUT2D eigenvalue weighted by Crippen LogP contribution is 2.19. The van der Waals surface area contributed by atoms with Gasteiger partial charge in [0.25, 0.3) is 11.5 Å². The Morgan fingerprint density at radius 3 is 2.26 bits per heavy atom. The Morgan fingerprint density at radius 2 is 1.59 bits per heavy atom. The maximum Gasteiger partial charge on any atom is 0.291 e. The average Bonchev–Trinajstić information content (AvgIpc) is 2.84. The summed E-state index contributed by atoms with van der Waals surface area (Å²) >= 11 is 5.88. The van der Waals surface area contributed by atoms with Gasteiger partial charge in [0.05, 0.1) is 5.69 Å². The molecule has 1 aromatic heterocycles. The van der Waals surface area contributed by atoms with Gasteiger partial charge in [-0.3, -0.25) is 14.4 Å². The molecule has 0 saturated carbocycles. The van der Waals surface area contributed by atoms with Crippen molar-refractivity contribution in [2.24, 2.45) is 0 Å². The number of carbonyl (C=O) groups is 2. The Hall–Kier alpha value is -4.23. The number of halogens is 1. The second-order valence-corrected chi connectivity index (χ2v) is 8.08. The van der Waals surface area contributed by atoms with Gasteiger partial charge in [0.1, 0.15) is 12.2 Å². The smallest absolute Gasteiger partial charge is 0.291 e. The molecule has 2 N–H and O–H groups in total. The third-order valence-corrected chi connectivity index (χ3v) is 5.28. The monoisotopic (exact) mass is 472 g/mol. The Balaban J connectivity index is 1.67. The van der Waals surface area contributed by atoms with Gasteiger partial charge in [0, 0.05) is 21.8 Å². The lowest BCUT2D eigenvalue weighted by molar-refractivity contribution is -0.117. The molecular formula is C26H21ClN4O3. The van der Waals surface area contributed by atoms with Gasteiger partial charge in [-0.05, 0) is 49.4 Å². The molecule has 0 saturated heterocycles. The summed E-state index contributed by atoms with van der Waals surface area (Å²) in [5.41, 5.74) is 2.63. The summed E-state index contributed by atoms with van der Waals surface area (Å²) in [6, 6.07) is 24.3. The number of carbonyl (C=O) groups excluding carboxylic acids is 2. The van der Waals surface area contributed by atoms with Crippen LogP contribution in [0, 0.1) is 6.92 Å². The van der Waals surface area contributed by atoms with Gasteiger partial charge in [-0.1, -0.05) is 59.6 Å². The predicted molar refractivity (Wildman–Crippen MR) is 133 cm³/mol. The van der Waals surface area contributed by atoms with Gasteiger partial charge in [-0.15, -0.1) is 0 Å². The van der Waals surface area contributed by atoms with Crippen molar-refractivity contribution in [3.8, 4) is 11.3 Å². The van der Waals surface area contributed by atoms with E-state index in [4.69, 9.17) is 11.6 Å². The van der Waals surface area contributed by atoms with Crippen LogP contribution >= 0.6 is 11.6 Å². The number of amides is 2. The first-order chi connectivity index (χ1) is 16.4. The Morgan fingerprint density at radius 1 is 0.912 bits per heavy atom. The van der Waals surface area contributed by atoms with E-state index in [9.17, 15) is 14.4 Å². The lowest BCUT2D eigenvalue weighted by Crippen LogP contribution is -2.32. The second-order valence-electron chi connectivity index (χ2n) is 7.65. The molecule has 0 aliphatic carbocycles. The zero-order valence-electron chi connectivity index (χ0n) is 18.3. The van der Waals surface area contributed by atoms with E-state index >= 15 is 0 Å². The summed E-state index contributed by atoms with van der Waals surface area (Å²) in [7, 11) is 0. The first kappa shape index (κ1) is 22.9. The zero-order valence-corrected chi connectivity index (χ0v) is 19.0. The van der Waals surface area contributed by atoms with E-state index in [1.807, 2.05) is 31.2 Å². The van der Waals surface area contributed by atoms with E-state index in [0.29, 0.717) is 22.0 Å². The first-order valence-corrected chi connectivity index (χ1v) is 10.9. The van der Waals surface area contributed by atoms with Crippen LogP contribution in [0.25, 0.3) is 11.3 Å². The molecule has 34 heavy (non-hydrogen) atoms. The second kappa shape index (κ2) is 10.1. The number of aromatic nitrogens is 2. The van der Waals surface area contributed by atoms with Gasteiger partial charge >= 0.3 is 0 Å². The van der Waals surface area contributed by atoms with Gasteiger partial charge in [0.2, 0.25) is 5.91 Å². The molecule has 170 valence electrons. The number of hydrogen-bond donors (Lipinski definition) is 2. The Bertz CT molecular complexity index is 1380. The van der Waals surface area contributed by atoms with Crippen molar-refractivity contribution in [1.29, 1.82) is 0 Å². The topological polar surface area (TPSA) is 93.1 Å². The molecule has 0 unspecified atom stereocenters. The van der Waals surface area contributed by atoms with Crippen molar-refractivity contribution in [2.75, 3.05) is 10.6 Å². The van der Waals surface area contributed by atoms with Crippen LogP contribution in [0.1, 0.15) is 15.9 Å². The standard InChI is InChI=1S/C26H21ClN4O3/c1-17-7-9-18(10-8-17)22-15-23(29-25(33)19-5-3-2-4-6-19)26(34)31(30-22)16-24(32)28-21-13-11-20(27)12-14-21/h2-15H,16H2,1H3,(H,28,32)(H,29,33). The van der Waals surface area contributed by atoms with E-state index in [0.717, 1.165) is 15.8 Å². The summed E-state index contributed by atoms with van der Waals surface area (Å²) < 4.78 is 1.04. The fourth-order valence-electron chi connectivity index (χ4n) is 3.26. The maximum atomic E-state index is 13.1. The molecule has 4 rings (SSSR count). The average molecular weight is 473 g/mol. The number of hydrogen-bond acceptors (Lipinski definition) is 4. The lowest BCUT2D eigenvalue weighted by Gasteiger charge is -2.12. The zero-order chi connectivity index (χ0) is 24.1. The van der Waals surface area contributed by atoms with Crippen molar-refractivity contribution in [2.45, 2.75) is 13.5 Å². The number of benzene rings is 3. The van der Waals surface area contributed by atoms with Gasteiger partial charge < -0.3 is 10.6 Å². The number of nitrogens with one attached hydrogen (secondary N) is 2. The van der Waals surface area contributed by atoms with E-state index in [1.165, 1.54) is 6.07 Å². The van der Waals surface area contributed by atoms with Crippen molar-refractivity contribution < 1.29 is 9.59 Å². The summed E-state index contributed by atoms with van der Waals surface area (Å²) in [6.07, 6.45) is 0. The summed E-state index contributed by atoms with van der Waals surface area (Å²) in [4.78, 5) is 38.4. The number of nitrogens with zero attached hydrogens (tertiary/aromatic N) is 2. The molecule has 0 aliphatic rings. The summed E-state index contributed by atoms with van der Waals surface area (Å²) in [5, 5.41) is 10.3. The number of anilines is 2. The fourth-order valence-corrected chi connectivity index (χ4v) is 3.38. The van der Waals surface area contributed by atoms with Crippen molar-refractivity contribution in [3.63, 3.8) is 0 Å². The normalized spacial score (nSPS) is 10.5. The highest BCUT2D eigenvalue weighted by atomic mass is 35.5. The number of rotatable bonds is 6. The van der Waals surface area contributed by atoms with Crippen LogP contribution in [0.3, 0.4) is 0 Å². The van der Waals surface area contributed by atoms with Crippen molar-refractivity contribution in [1.82, 2.24) is 9.78 Å². The third kappa shape index (κ3) is 5.57. The molecule has 1 heterocycles. The maximum absolute atomic E-state index is 13.1. The minimum atomic E-state index is -0.591. The van der Waals surface area contributed by atoms with Crippen LogP contribution in [0.2, 0.25) is 5.02 Å². The molecule has 0 radical (unpaired) electrons. The minimum Gasteiger partial charge on any atom is -0.324 e.